The van der Waals surface area contributed by atoms with Crippen molar-refractivity contribution in [1.82, 2.24) is 0 Å². The average molecular weight is 519 g/mol. The molecule has 3 atom stereocenters. The standard InChI is InChI=1S/C31H34O7/c1-34-26-12-9-22(17-28(26)36-3)15-24-19-38-31(23-11-13-27(35-2)29(18-23)37-4)25(24)16-21-7-5-20(6-8-21)10-14-30(32)33/h5-14,17-18,24-25,31H,15-16,19H2,1-4H3,(H,32,33)/t24-,25+,31+/m0/s1. The summed E-state index contributed by atoms with van der Waals surface area (Å²) in [5.41, 5.74) is 4.21. The molecule has 0 spiro atoms. The molecule has 1 heterocycles. The van der Waals surface area contributed by atoms with Crippen molar-refractivity contribution in [3.63, 3.8) is 0 Å². The fraction of sp³-hybridized carbons (Fsp3) is 0.323. The Bertz CT molecular complexity index is 1270. The van der Waals surface area contributed by atoms with E-state index in [-0.39, 0.29) is 17.9 Å². The van der Waals surface area contributed by atoms with Gasteiger partial charge >= 0.3 is 5.97 Å². The number of aliphatic carboxylic acids is 1. The Labute approximate surface area is 223 Å². The van der Waals surface area contributed by atoms with Gasteiger partial charge in [0.15, 0.2) is 23.0 Å². The van der Waals surface area contributed by atoms with E-state index >= 15 is 0 Å². The summed E-state index contributed by atoms with van der Waals surface area (Å²) in [4.78, 5) is 10.9. The third-order valence-corrected chi connectivity index (χ3v) is 7.04. The predicted octanol–water partition coefficient (Wildman–Crippen LogP) is 5.61. The van der Waals surface area contributed by atoms with Gasteiger partial charge in [0.05, 0.1) is 41.2 Å². The highest BCUT2D eigenvalue weighted by atomic mass is 16.5. The molecule has 4 rings (SSSR count). The van der Waals surface area contributed by atoms with Gasteiger partial charge in [-0.25, -0.2) is 4.79 Å². The highest BCUT2D eigenvalue weighted by Crippen LogP contribution is 2.44. The van der Waals surface area contributed by atoms with Crippen LogP contribution in [-0.4, -0.2) is 46.1 Å². The van der Waals surface area contributed by atoms with Crippen LogP contribution in [0.2, 0.25) is 0 Å². The molecular formula is C31H34O7. The Kier molecular flexibility index (Phi) is 8.92. The van der Waals surface area contributed by atoms with E-state index < -0.39 is 5.97 Å². The molecule has 3 aromatic carbocycles. The molecule has 0 unspecified atom stereocenters. The average Bonchev–Trinajstić information content (AvgIpc) is 3.33. The van der Waals surface area contributed by atoms with Crippen LogP contribution < -0.4 is 18.9 Å². The smallest absolute Gasteiger partial charge is 0.328 e. The first-order valence-electron chi connectivity index (χ1n) is 12.5. The molecule has 0 aromatic heterocycles. The summed E-state index contributed by atoms with van der Waals surface area (Å²) < 4.78 is 28.4. The van der Waals surface area contributed by atoms with Crippen molar-refractivity contribution in [2.45, 2.75) is 18.9 Å². The van der Waals surface area contributed by atoms with E-state index in [0.717, 1.165) is 41.2 Å². The van der Waals surface area contributed by atoms with Crippen LogP contribution in [0.3, 0.4) is 0 Å². The van der Waals surface area contributed by atoms with Gasteiger partial charge < -0.3 is 28.8 Å². The predicted molar refractivity (Wildman–Crippen MR) is 145 cm³/mol. The molecule has 38 heavy (non-hydrogen) atoms. The molecule has 1 fully saturated rings. The zero-order chi connectivity index (χ0) is 27.1. The van der Waals surface area contributed by atoms with Crippen LogP contribution in [0.1, 0.15) is 28.4 Å². The Hall–Kier alpha value is -3.97. The van der Waals surface area contributed by atoms with Gasteiger partial charge in [-0.1, -0.05) is 36.4 Å². The monoisotopic (exact) mass is 518 g/mol. The normalized spacial score (nSPS) is 18.9. The first kappa shape index (κ1) is 27.1. The SMILES string of the molecule is COc1ccc(C[C@H]2CO[C@H](c3ccc(OC)c(OC)c3)[C@@H]2Cc2ccc(C=CC(=O)O)cc2)cc1OC. The Balaban J connectivity index is 1.63. The minimum Gasteiger partial charge on any atom is -0.493 e. The number of methoxy groups -OCH3 is 4. The summed E-state index contributed by atoms with van der Waals surface area (Å²) in [6.45, 7) is 0.622. The van der Waals surface area contributed by atoms with Gasteiger partial charge in [0.1, 0.15) is 0 Å². The van der Waals surface area contributed by atoms with Crippen molar-refractivity contribution in [3.05, 3.63) is 89.0 Å². The molecule has 7 heteroatoms. The van der Waals surface area contributed by atoms with Crippen molar-refractivity contribution in [2.24, 2.45) is 11.8 Å². The molecule has 0 bridgehead atoms. The highest BCUT2D eigenvalue weighted by Gasteiger charge is 2.38. The van der Waals surface area contributed by atoms with Crippen molar-refractivity contribution in [3.8, 4) is 23.0 Å². The van der Waals surface area contributed by atoms with Gasteiger partial charge in [0, 0.05) is 6.08 Å². The molecular weight excluding hydrogens is 484 g/mol. The minimum atomic E-state index is -0.965. The van der Waals surface area contributed by atoms with Crippen LogP contribution in [0, 0.1) is 11.8 Å². The molecule has 0 radical (unpaired) electrons. The van der Waals surface area contributed by atoms with Gasteiger partial charge in [-0.3, -0.25) is 0 Å². The van der Waals surface area contributed by atoms with E-state index in [4.69, 9.17) is 28.8 Å². The van der Waals surface area contributed by atoms with Gasteiger partial charge in [-0.2, -0.15) is 0 Å². The van der Waals surface area contributed by atoms with Crippen LogP contribution in [0.4, 0.5) is 0 Å². The van der Waals surface area contributed by atoms with Crippen LogP contribution in [0.5, 0.6) is 23.0 Å². The molecule has 1 aliphatic rings. The quantitative estimate of drug-likeness (QED) is 0.331. The van der Waals surface area contributed by atoms with E-state index in [1.807, 2.05) is 42.5 Å². The molecule has 3 aromatic rings. The Morgan fingerprint density at radius 3 is 2.05 bits per heavy atom. The molecule has 1 N–H and O–H groups in total. The van der Waals surface area contributed by atoms with Gasteiger partial charge in [-0.15, -0.1) is 0 Å². The third-order valence-electron chi connectivity index (χ3n) is 7.04. The number of rotatable bonds is 11. The second-order valence-electron chi connectivity index (χ2n) is 9.30. The molecule has 0 aliphatic carbocycles. The second kappa shape index (κ2) is 12.5. The Morgan fingerprint density at radius 2 is 1.42 bits per heavy atom. The molecule has 7 nitrogen and oxygen atoms in total. The fourth-order valence-corrected chi connectivity index (χ4v) is 5.09. The molecule has 1 aliphatic heterocycles. The van der Waals surface area contributed by atoms with Crippen molar-refractivity contribution >= 4 is 12.0 Å². The maximum atomic E-state index is 10.9. The van der Waals surface area contributed by atoms with E-state index in [1.54, 1.807) is 34.5 Å². The summed E-state index contributed by atoms with van der Waals surface area (Å²) in [5.74, 6) is 2.26. The first-order chi connectivity index (χ1) is 18.4. The highest BCUT2D eigenvalue weighted by molar-refractivity contribution is 5.85. The second-order valence-corrected chi connectivity index (χ2v) is 9.30. The van der Waals surface area contributed by atoms with Gasteiger partial charge in [0.2, 0.25) is 0 Å². The number of carbonyl (C=O) groups is 1. The molecule has 0 saturated carbocycles. The first-order valence-corrected chi connectivity index (χ1v) is 12.5. The number of hydrogen-bond donors (Lipinski definition) is 1. The van der Waals surface area contributed by atoms with E-state index in [9.17, 15) is 4.79 Å². The maximum absolute atomic E-state index is 10.9. The van der Waals surface area contributed by atoms with Crippen LogP contribution in [-0.2, 0) is 22.4 Å². The van der Waals surface area contributed by atoms with Crippen LogP contribution in [0.15, 0.2) is 66.7 Å². The fourth-order valence-electron chi connectivity index (χ4n) is 5.09. The lowest BCUT2D eigenvalue weighted by Gasteiger charge is -2.24. The molecule has 200 valence electrons. The number of benzene rings is 3. The lowest BCUT2D eigenvalue weighted by atomic mass is 9.80. The largest absolute Gasteiger partial charge is 0.493 e. The van der Waals surface area contributed by atoms with Crippen LogP contribution >= 0.6 is 0 Å². The topological polar surface area (TPSA) is 83.5 Å². The van der Waals surface area contributed by atoms with Gasteiger partial charge in [-0.05, 0) is 77.3 Å². The van der Waals surface area contributed by atoms with Crippen molar-refractivity contribution in [1.29, 1.82) is 0 Å². The Morgan fingerprint density at radius 1 is 0.816 bits per heavy atom. The lowest BCUT2D eigenvalue weighted by molar-refractivity contribution is -0.131. The lowest BCUT2D eigenvalue weighted by Crippen LogP contribution is -2.20. The zero-order valence-electron chi connectivity index (χ0n) is 22.2. The van der Waals surface area contributed by atoms with Gasteiger partial charge in [0.25, 0.3) is 0 Å². The maximum Gasteiger partial charge on any atom is 0.328 e. The summed E-state index contributed by atoms with van der Waals surface area (Å²) in [6, 6.07) is 20.0. The van der Waals surface area contributed by atoms with Crippen molar-refractivity contribution < 1.29 is 33.6 Å². The zero-order valence-corrected chi connectivity index (χ0v) is 22.2. The molecule has 0 amide bonds. The van der Waals surface area contributed by atoms with E-state index in [0.29, 0.717) is 29.6 Å². The van der Waals surface area contributed by atoms with Crippen LogP contribution in [0.25, 0.3) is 6.08 Å². The summed E-state index contributed by atoms with van der Waals surface area (Å²) in [7, 11) is 6.54. The minimum absolute atomic E-state index is 0.119. The summed E-state index contributed by atoms with van der Waals surface area (Å²) >= 11 is 0. The van der Waals surface area contributed by atoms with Crippen molar-refractivity contribution in [2.75, 3.05) is 35.0 Å². The summed E-state index contributed by atoms with van der Waals surface area (Å²) in [6.07, 6.45) is 4.25. The van der Waals surface area contributed by atoms with E-state index in [2.05, 4.69) is 18.2 Å². The summed E-state index contributed by atoms with van der Waals surface area (Å²) in [5, 5.41) is 8.91. The number of carboxylic acid groups (broad SMARTS) is 1. The third kappa shape index (κ3) is 6.29. The molecule has 1 saturated heterocycles. The van der Waals surface area contributed by atoms with E-state index in [1.165, 1.54) is 0 Å². The number of hydrogen-bond acceptors (Lipinski definition) is 6. The number of ether oxygens (including phenoxy) is 5. The number of carboxylic acids is 1.